The van der Waals surface area contributed by atoms with Gasteiger partial charge in [0.15, 0.2) is 0 Å². The van der Waals surface area contributed by atoms with Gasteiger partial charge < -0.3 is 9.47 Å². The van der Waals surface area contributed by atoms with Gasteiger partial charge in [-0.25, -0.2) is 0 Å². The molecule has 0 amide bonds. The van der Waals surface area contributed by atoms with Gasteiger partial charge in [-0.15, -0.1) is 33.2 Å². The van der Waals surface area contributed by atoms with E-state index >= 15 is 0 Å². The number of halogens is 3. The lowest BCUT2D eigenvalue weighted by Gasteiger charge is -2.40. The summed E-state index contributed by atoms with van der Waals surface area (Å²) in [6.45, 7) is 2.71. The highest BCUT2D eigenvalue weighted by molar-refractivity contribution is 7.64. The monoisotopic (exact) mass is 392 g/mol. The Morgan fingerprint density at radius 3 is 2.65 bits per heavy atom. The summed E-state index contributed by atoms with van der Waals surface area (Å²) >= 11 is 17.8. The minimum absolute atomic E-state index is 0.466. The molecule has 1 fully saturated rings. The van der Waals surface area contributed by atoms with Crippen molar-refractivity contribution in [3.05, 3.63) is 29.3 Å². The van der Waals surface area contributed by atoms with Gasteiger partial charge in [-0.05, 0) is 49.4 Å². The first-order valence-corrected chi connectivity index (χ1v) is 13.6. The van der Waals surface area contributed by atoms with Gasteiger partial charge in [0.1, 0.15) is 5.75 Å². The summed E-state index contributed by atoms with van der Waals surface area (Å²) in [6, 6.07) is 4.56. The molecule has 23 heavy (non-hydrogen) atoms. The molecule has 1 aromatic rings. The molecule has 0 saturated heterocycles. The highest BCUT2D eigenvalue weighted by Gasteiger charge is 2.42. The van der Waals surface area contributed by atoms with Gasteiger partial charge >= 0.3 is 6.00 Å². The Balaban J connectivity index is 1.64. The van der Waals surface area contributed by atoms with Crippen LogP contribution in [0.5, 0.6) is 5.75 Å². The maximum Gasteiger partial charge on any atom is 0.341 e. The van der Waals surface area contributed by atoms with Crippen molar-refractivity contribution in [1.29, 1.82) is 0 Å². The van der Waals surface area contributed by atoms with E-state index in [1.807, 2.05) is 0 Å². The molecular formula is C17H23Cl3O2Si. The Hall–Kier alpha value is 0.0669. The van der Waals surface area contributed by atoms with Crippen LogP contribution < -0.4 is 4.74 Å². The van der Waals surface area contributed by atoms with Crippen molar-refractivity contribution in [2.45, 2.75) is 63.9 Å². The van der Waals surface area contributed by atoms with Gasteiger partial charge in [-0.2, -0.15) is 0 Å². The predicted octanol–water partition coefficient (Wildman–Crippen LogP) is 6.09. The van der Waals surface area contributed by atoms with Crippen LogP contribution in [0.2, 0.25) is 6.04 Å². The van der Waals surface area contributed by atoms with Crippen molar-refractivity contribution in [3.8, 4) is 5.75 Å². The molecule has 2 aliphatic rings. The van der Waals surface area contributed by atoms with Gasteiger partial charge in [-0.3, -0.25) is 0 Å². The second kappa shape index (κ2) is 7.13. The summed E-state index contributed by atoms with van der Waals surface area (Å²) in [7, 11) is 0. The van der Waals surface area contributed by atoms with Crippen LogP contribution in [0.3, 0.4) is 0 Å². The number of hydrogen-bond donors (Lipinski definition) is 0. The predicted molar refractivity (Wildman–Crippen MR) is 98.7 cm³/mol. The number of fused-ring (bicyclic) bond motifs is 1. The van der Waals surface area contributed by atoms with Crippen molar-refractivity contribution in [2.24, 2.45) is 5.92 Å². The quantitative estimate of drug-likeness (QED) is 0.445. The van der Waals surface area contributed by atoms with Gasteiger partial charge in [-0.1, -0.05) is 18.9 Å². The van der Waals surface area contributed by atoms with Crippen LogP contribution in [0, 0.1) is 5.92 Å². The van der Waals surface area contributed by atoms with Gasteiger partial charge in [0.25, 0.3) is 0 Å². The van der Waals surface area contributed by atoms with E-state index in [0.29, 0.717) is 18.6 Å². The molecule has 1 heterocycles. The van der Waals surface area contributed by atoms with Crippen LogP contribution in [-0.2, 0) is 17.8 Å². The maximum atomic E-state index is 6.24. The Bertz CT molecular complexity index is 555. The summed E-state index contributed by atoms with van der Waals surface area (Å²) < 4.78 is 12.3. The molecule has 0 bridgehead atoms. The van der Waals surface area contributed by atoms with Gasteiger partial charge in [0, 0.05) is 18.4 Å². The van der Waals surface area contributed by atoms with Crippen LogP contribution in [0.4, 0.5) is 0 Å². The van der Waals surface area contributed by atoms with Gasteiger partial charge in [0.2, 0.25) is 5.79 Å². The van der Waals surface area contributed by atoms with Crippen molar-refractivity contribution in [3.63, 3.8) is 0 Å². The molecule has 1 aromatic carbocycles. The highest BCUT2D eigenvalue weighted by atomic mass is 35.8. The zero-order chi connectivity index (χ0) is 16.5. The normalized spacial score (nSPS) is 25.2. The van der Waals surface area contributed by atoms with E-state index in [0.717, 1.165) is 24.2 Å². The molecule has 128 valence electrons. The molecule has 1 aliphatic carbocycles. The second-order valence-electron chi connectivity index (χ2n) is 6.80. The molecule has 0 aromatic heterocycles. The minimum Gasteiger partial charge on any atom is -0.462 e. The molecule has 1 unspecified atom stereocenters. The van der Waals surface area contributed by atoms with Crippen molar-refractivity contribution >= 4 is 39.2 Å². The number of aryl methyl sites for hydroxylation is 1. The van der Waals surface area contributed by atoms with Crippen LogP contribution in [0.25, 0.3) is 0 Å². The molecule has 0 N–H and O–H groups in total. The highest BCUT2D eigenvalue weighted by Crippen LogP contribution is 2.42. The first kappa shape index (κ1) is 17.9. The standard InChI is InChI=1S/C17H23Cl3O2Si/c1-17(15-6-2-3-7-15)21-12-14-11-13(8-9-16(14)22-17)5-4-10-23(18,19)20/h8-9,11,15H,2-7,10,12H2,1H3. The van der Waals surface area contributed by atoms with Crippen molar-refractivity contribution in [2.75, 3.05) is 0 Å². The summed E-state index contributed by atoms with van der Waals surface area (Å²) in [5, 5.41) is 0. The SMILES string of the molecule is CC1(C2CCCC2)OCc2cc(CCC[Si](Cl)(Cl)Cl)ccc2O1. The Labute approximate surface area is 153 Å². The lowest BCUT2D eigenvalue weighted by Crippen LogP contribution is -2.44. The average Bonchev–Trinajstić information content (AvgIpc) is 3.01. The molecule has 0 spiro atoms. The summed E-state index contributed by atoms with van der Waals surface area (Å²) in [4.78, 5) is 0. The van der Waals surface area contributed by atoms with E-state index in [1.165, 1.54) is 31.2 Å². The van der Waals surface area contributed by atoms with Crippen molar-refractivity contribution in [1.82, 2.24) is 0 Å². The summed E-state index contributed by atoms with van der Waals surface area (Å²) in [5.41, 5.74) is 2.38. The van der Waals surface area contributed by atoms with E-state index < -0.39 is 11.8 Å². The lowest BCUT2D eigenvalue weighted by molar-refractivity contribution is -0.224. The third-order valence-corrected chi connectivity index (χ3v) is 7.60. The smallest absolute Gasteiger partial charge is 0.341 e. The van der Waals surface area contributed by atoms with E-state index in [9.17, 15) is 0 Å². The average molecular weight is 394 g/mol. The summed E-state index contributed by atoms with van der Waals surface area (Å²) in [5.74, 6) is 1.00. The van der Waals surface area contributed by atoms with Crippen LogP contribution in [0.15, 0.2) is 18.2 Å². The fourth-order valence-electron chi connectivity index (χ4n) is 3.61. The number of rotatable bonds is 5. The topological polar surface area (TPSA) is 18.5 Å². The molecular weight excluding hydrogens is 371 g/mol. The zero-order valence-electron chi connectivity index (χ0n) is 13.4. The third kappa shape index (κ3) is 4.58. The van der Waals surface area contributed by atoms with Crippen LogP contribution in [-0.4, -0.2) is 11.8 Å². The molecule has 1 atom stereocenters. The molecule has 1 saturated carbocycles. The number of ether oxygens (including phenoxy) is 2. The molecule has 0 radical (unpaired) electrons. The van der Waals surface area contributed by atoms with Gasteiger partial charge in [0.05, 0.1) is 6.61 Å². The number of hydrogen-bond acceptors (Lipinski definition) is 2. The zero-order valence-corrected chi connectivity index (χ0v) is 16.7. The largest absolute Gasteiger partial charge is 0.462 e. The molecule has 2 nitrogen and oxygen atoms in total. The Morgan fingerprint density at radius 2 is 1.96 bits per heavy atom. The fraction of sp³-hybridized carbons (Fsp3) is 0.647. The number of benzene rings is 1. The van der Waals surface area contributed by atoms with E-state index in [-0.39, 0.29) is 0 Å². The molecule has 3 rings (SSSR count). The first-order chi connectivity index (χ1) is 10.9. The van der Waals surface area contributed by atoms with E-state index in [1.54, 1.807) is 0 Å². The lowest BCUT2D eigenvalue weighted by atomic mass is 9.96. The fourth-order valence-corrected chi connectivity index (χ4v) is 5.39. The maximum absolute atomic E-state index is 6.24. The van der Waals surface area contributed by atoms with Crippen molar-refractivity contribution < 1.29 is 9.47 Å². The minimum atomic E-state index is -2.51. The van der Waals surface area contributed by atoms with Crippen LogP contribution >= 0.6 is 33.2 Å². The van der Waals surface area contributed by atoms with E-state index in [2.05, 4.69) is 25.1 Å². The summed E-state index contributed by atoms with van der Waals surface area (Å²) in [6.07, 6.45) is 6.79. The third-order valence-electron chi connectivity index (χ3n) is 4.97. The van der Waals surface area contributed by atoms with Crippen LogP contribution in [0.1, 0.15) is 50.2 Å². The molecule has 6 heteroatoms. The van der Waals surface area contributed by atoms with E-state index in [4.69, 9.17) is 42.7 Å². The molecule has 1 aliphatic heterocycles. The second-order valence-corrected chi connectivity index (χ2v) is 16.1. The first-order valence-electron chi connectivity index (χ1n) is 8.37. The Kier molecular flexibility index (Phi) is 5.54. The Morgan fingerprint density at radius 1 is 1.22 bits per heavy atom.